The number of amides is 1. The van der Waals surface area contributed by atoms with Crippen LogP contribution in [0.5, 0.6) is 11.5 Å². The van der Waals surface area contributed by atoms with Crippen molar-refractivity contribution in [2.45, 2.75) is 13.8 Å². The van der Waals surface area contributed by atoms with E-state index in [1.54, 1.807) is 24.3 Å². The molecule has 2 aromatic carbocycles. The normalized spacial score (nSPS) is 10.0. The van der Waals surface area contributed by atoms with Gasteiger partial charge in [0.2, 0.25) is 0 Å². The fraction of sp³-hybridized carbons (Fsp3) is 0.211. The molecule has 0 saturated heterocycles. The lowest BCUT2D eigenvalue weighted by Gasteiger charge is -2.09. The first-order chi connectivity index (χ1) is 11.0. The first-order valence-corrected chi connectivity index (χ1v) is 7.39. The third-order valence-corrected chi connectivity index (χ3v) is 2.98. The number of nitrogens with one attached hydrogen (secondary N) is 1. The number of hydrogen-bond donors (Lipinski definition) is 1. The molecule has 23 heavy (non-hydrogen) atoms. The van der Waals surface area contributed by atoms with E-state index in [1.807, 2.05) is 38.1 Å². The zero-order chi connectivity index (χ0) is 16.7. The quantitative estimate of drug-likeness (QED) is 0.787. The number of hydrogen-bond acceptors (Lipinski definition) is 3. The maximum Gasteiger partial charge on any atom is 0.262 e. The number of carbonyl (C=O) groups is 1. The summed E-state index contributed by atoms with van der Waals surface area (Å²) in [5, 5.41) is 2.78. The zero-order valence-electron chi connectivity index (χ0n) is 13.5. The van der Waals surface area contributed by atoms with Crippen molar-refractivity contribution in [2.24, 2.45) is 0 Å². The largest absolute Gasteiger partial charge is 0.489 e. The fourth-order valence-electron chi connectivity index (χ4n) is 1.89. The van der Waals surface area contributed by atoms with E-state index < -0.39 is 0 Å². The van der Waals surface area contributed by atoms with E-state index in [9.17, 15) is 4.79 Å². The average Bonchev–Trinajstić information content (AvgIpc) is 2.52. The first kappa shape index (κ1) is 16.6. The van der Waals surface area contributed by atoms with Crippen LogP contribution in [0.15, 0.2) is 60.7 Å². The molecule has 0 aromatic heterocycles. The van der Waals surface area contributed by atoms with Gasteiger partial charge in [-0.1, -0.05) is 18.7 Å². The molecule has 1 amide bonds. The molecule has 0 spiro atoms. The minimum Gasteiger partial charge on any atom is -0.489 e. The van der Waals surface area contributed by atoms with Crippen LogP contribution >= 0.6 is 0 Å². The third-order valence-electron chi connectivity index (χ3n) is 2.98. The Kier molecular flexibility index (Phi) is 5.80. The van der Waals surface area contributed by atoms with Crippen molar-refractivity contribution in [3.8, 4) is 11.5 Å². The van der Waals surface area contributed by atoms with Gasteiger partial charge >= 0.3 is 0 Å². The van der Waals surface area contributed by atoms with Crippen LogP contribution in [0.25, 0.3) is 0 Å². The summed E-state index contributed by atoms with van der Waals surface area (Å²) in [5.74, 6) is 1.22. The van der Waals surface area contributed by atoms with Crippen LogP contribution in [-0.2, 0) is 4.79 Å². The average molecular weight is 311 g/mol. The molecule has 1 N–H and O–H groups in total. The van der Waals surface area contributed by atoms with E-state index in [0.717, 1.165) is 16.9 Å². The predicted molar refractivity (Wildman–Crippen MR) is 92.1 cm³/mol. The van der Waals surface area contributed by atoms with E-state index in [-0.39, 0.29) is 12.5 Å². The second-order valence-electron chi connectivity index (χ2n) is 5.42. The lowest BCUT2D eigenvalue weighted by molar-refractivity contribution is -0.118. The molecule has 0 saturated carbocycles. The number of carbonyl (C=O) groups excluding carboxylic acids is 1. The summed E-state index contributed by atoms with van der Waals surface area (Å²) >= 11 is 0. The van der Waals surface area contributed by atoms with E-state index in [4.69, 9.17) is 9.47 Å². The number of anilines is 1. The van der Waals surface area contributed by atoms with Gasteiger partial charge in [-0.05, 0) is 61.4 Å². The summed E-state index contributed by atoms with van der Waals surface area (Å²) in [4.78, 5) is 11.9. The molecular weight excluding hydrogens is 290 g/mol. The molecule has 2 aromatic rings. The standard InChI is InChI=1S/C19H21NO3/c1-14(2)12-22-17-9-7-16(8-10-17)20-19(21)13-23-18-6-4-5-15(3)11-18/h4-11H,1,12-13H2,2-3H3,(H,20,21). The topological polar surface area (TPSA) is 47.6 Å². The molecule has 0 aliphatic rings. The maximum absolute atomic E-state index is 11.9. The van der Waals surface area contributed by atoms with E-state index in [0.29, 0.717) is 18.0 Å². The Morgan fingerprint density at radius 1 is 1.04 bits per heavy atom. The number of rotatable bonds is 7. The van der Waals surface area contributed by atoms with Crippen molar-refractivity contribution in [1.82, 2.24) is 0 Å². The molecule has 0 heterocycles. The van der Waals surface area contributed by atoms with E-state index in [1.165, 1.54) is 0 Å². The van der Waals surface area contributed by atoms with Crippen molar-refractivity contribution in [1.29, 1.82) is 0 Å². The van der Waals surface area contributed by atoms with Crippen molar-refractivity contribution in [3.63, 3.8) is 0 Å². The third kappa shape index (κ3) is 5.87. The Hall–Kier alpha value is -2.75. The molecular formula is C19H21NO3. The molecule has 120 valence electrons. The van der Waals surface area contributed by atoms with Crippen LogP contribution in [0, 0.1) is 6.92 Å². The van der Waals surface area contributed by atoms with Gasteiger partial charge in [-0.3, -0.25) is 4.79 Å². The van der Waals surface area contributed by atoms with Gasteiger partial charge in [-0.25, -0.2) is 0 Å². The Labute approximate surface area is 136 Å². The van der Waals surface area contributed by atoms with Gasteiger partial charge < -0.3 is 14.8 Å². The van der Waals surface area contributed by atoms with Gasteiger partial charge in [0.15, 0.2) is 6.61 Å². The SMILES string of the molecule is C=C(C)COc1ccc(NC(=O)COc2cccc(C)c2)cc1. The highest BCUT2D eigenvalue weighted by Gasteiger charge is 2.04. The van der Waals surface area contributed by atoms with Crippen LogP contribution in [0.1, 0.15) is 12.5 Å². The predicted octanol–water partition coefficient (Wildman–Crippen LogP) is 3.97. The summed E-state index contributed by atoms with van der Waals surface area (Å²) in [6.07, 6.45) is 0. The van der Waals surface area contributed by atoms with Gasteiger partial charge in [-0.15, -0.1) is 0 Å². The number of benzene rings is 2. The van der Waals surface area contributed by atoms with Gasteiger partial charge in [0.05, 0.1) is 0 Å². The Bertz CT molecular complexity index is 677. The van der Waals surface area contributed by atoms with Gasteiger partial charge in [0, 0.05) is 5.69 Å². The van der Waals surface area contributed by atoms with Crippen LogP contribution in [0.2, 0.25) is 0 Å². The molecule has 0 aliphatic heterocycles. The molecule has 0 radical (unpaired) electrons. The fourth-order valence-corrected chi connectivity index (χ4v) is 1.89. The highest BCUT2D eigenvalue weighted by Crippen LogP contribution is 2.16. The Balaban J connectivity index is 1.81. The van der Waals surface area contributed by atoms with Gasteiger partial charge in [0.25, 0.3) is 5.91 Å². The molecule has 0 atom stereocenters. The second-order valence-corrected chi connectivity index (χ2v) is 5.42. The van der Waals surface area contributed by atoms with Gasteiger partial charge in [0.1, 0.15) is 18.1 Å². The summed E-state index contributed by atoms with van der Waals surface area (Å²) < 4.78 is 11.0. The number of aryl methyl sites for hydroxylation is 1. The summed E-state index contributed by atoms with van der Waals surface area (Å²) in [6.45, 7) is 8.12. The molecule has 0 unspecified atom stereocenters. The monoisotopic (exact) mass is 311 g/mol. The lowest BCUT2D eigenvalue weighted by Crippen LogP contribution is -2.20. The van der Waals surface area contributed by atoms with Crippen LogP contribution in [-0.4, -0.2) is 19.1 Å². The van der Waals surface area contributed by atoms with Crippen LogP contribution in [0.4, 0.5) is 5.69 Å². The van der Waals surface area contributed by atoms with Crippen molar-refractivity contribution in [2.75, 3.05) is 18.5 Å². The number of ether oxygens (including phenoxy) is 2. The highest BCUT2D eigenvalue weighted by molar-refractivity contribution is 5.91. The maximum atomic E-state index is 11.9. The molecule has 0 fully saturated rings. The smallest absolute Gasteiger partial charge is 0.262 e. The molecule has 0 bridgehead atoms. The second kappa shape index (κ2) is 8.03. The minimum atomic E-state index is -0.206. The van der Waals surface area contributed by atoms with Gasteiger partial charge in [-0.2, -0.15) is 0 Å². The van der Waals surface area contributed by atoms with Crippen molar-refractivity contribution in [3.05, 3.63) is 66.2 Å². The zero-order valence-corrected chi connectivity index (χ0v) is 13.5. The van der Waals surface area contributed by atoms with Crippen LogP contribution < -0.4 is 14.8 Å². The summed E-state index contributed by atoms with van der Waals surface area (Å²) in [6, 6.07) is 14.8. The minimum absolute atomic E-state index is 0.0304. The first-order valence-electron chi connectivity index (χ1n) is 7.39. The summed E-state index contributed by atoms with van der Waals surface area (Å²) in [7, 11) is 0. The van der Waals surface area contributed by atoms with E-state index in [2.05, 4.69) is 11.9 Å². The van der Waals surface area contributed by atoms with E-state index >= 15 is 0 Å². The molecule has 4 nitrogen and oxygen atoms in total. The summed E-state index contributed by atoms with van der Waals surface area (Å²) in [5.41, 5.74) is 2.74. The van der Waals surface area contributed by atoms with Crippen molar-refractivity contribution >= 4 is 11.6 Å². The van der Waals surface area contributed by atoms with Crippen LogP contribution in [0.3, 0.4) is 0 Å². The Morgan fingerprint density at radius 3 is 2.39 bits per heavy atom. The molecule has 0 aliphatic carbocycles. The molecule has 2 rings (SSSR count). The van der Waals surface area contributed by atoms with Crippen molar-refractivity contribution < 1.29 is 14.3 Å². The Morgan fingerprint density at radius 2 is 1.74 bits per heavy atom. The highest BCUT2D eigenvalue weighted by atomic mass is 16.5. The molecule has 4 heteroatoms. The lowest BCUT2D eigenvalue weighted by atomic mass is 10.2.